The van der Waals surface area contributed by atoms with E-state index in [0.29, 0.717) is 0 Å². The topological polar surface area (TPSA) is 88.5 Å². The Hall–Kier alpha value is -2.02. The van der Waals surface area contributed by atoms with E-state index in [4.69, 9.17) is 9.84 Å². The van der Waals surface area contributed by atoms with Crippen molar-refractivity contribution in [1.82, 2.24) is 10.3 Å². The number of carbonyl (C=O) groups excluding carboxylic acids is 1. The van der Waals surface area contributed by atoms with E-state index in [0.717, 1.165) is 0 Å². The zero-order valence-corrected chi connectivity index (χ0v) is 10.2. The first kappa shape index (κ1) is 13.4. The van der Waals surface area contributed by atoms with Gasteiger partial charge in [-0.15, -0.1) is 0 Å². The number of pyridine rings is 1. The summed E-state index contributed by atoms with van der Waals surface area (Å²) in [7, 11) is 0. The Bertz CT molecular complexity index is 522. The van der Waals surface area contributed by atoms with Crippen molar-refractivity contribution in [3.8, 4) is 0 Å². The minimum absolute atomic E-state index is 0.00278. The van der Waals surface area contributed by atoms with Crippen LogP contribution in [0.3, 0.4) is 0 Å². The quantitative estimate of drug-likeness (QED) is 0.776. The molecular weight excluding hydrogens is 255 g/mol. The number of amides is 1. The predicted molar refractivity (Wildman–Crippen MR) is 62.0 cm³/mol. The second-order valence-electron chi connectivity index (χ2n) is 4.61. The molecule has 2 N–H and O–H groups in total. The zero-order valence-electron chi connectivity index (χ0n) is 10.2. The van der Waals surface area contributed by atoms with E-state index in [-0.39, 0.29) is 18.8 Å². The standard InChI is InChI=1S/C12H13FN2O4/c1-12(11(17)18)6-19-5-8(12)15-10(16)7-3-2-4-14-9(7)13/h2-4,8H,5-6H2,1H3,(H,15,16)(H,17,18). The molecule has 0 saturated carbocycles. The van der Waals surface area contributed by atoms with Crippen LogP contribution in [0.15, 0.2) is 18.3 Å². The highest BCUT2D eigenvalue weighted by atomic mass is 19.1. The highest BCUT2D eigenvalue weighted by molar-refractivity contribution is 5.94. The van der Waals surface area contributed by atoms with Gasteiger partial charge in [-0.2, -0.15) is 4.39 Å². The van der Waals surface area contributed by atoms with E-state index in [2.05, 4.69) is 10.3 Å². The Kier molecular flexibility index (Phi) is 3.48. The maximum absolute atomic E-state index is 13.3. The van der Waals surface area contributed by atoms with E-state index in [1.807, 2.05) is 0 Å². The summed E-state index contributed by atoms with van der Waals surface area (Å²) < 4.78 is 18.4. The van der Waals surface area contributed by atoms with Gasteiger partial charge in [-0.3, -0.25) is 9.59 Å². The summed E-state index contributed by atoms with van der Waals surface area (Å²) in [5, 5.41) is 11.6. The van der Waals surface area contributed by atoms with E-state index in [1.54, 1.807) is 0 Å². The number of rotatable bonds is 3. The maximum atomic E-state index is 13.3. The molecule has 1 fully saturated rings. The van der Waals surface area contributed by atoms with Gasteiger partial charge in [-0.1, -0.05) is 0 Å². The Balaban J connectivity index is 2.16. The fourth-order valence-electron chi connectivity index (χ4n) is 1.88. The molecule has 2 unspecified atom stereocenters. The van der Waals surface area contributed by atoms with Crippen molar-refractivity contribution < 1.29 is 23.8 Å². The molecule has 102 valence electrons. The first-order valence-electron chi connectivity index (χ1n) is 5.67. The molecule has 0 aliphatic carbocycles. The number of nitrogens with zero attached hydrogens (tertiary/aromatic N) is 1. The van der Waals surface area contributed by atoms with E-state index in [1.165, 1.54) is 25.3 Å². The number of ether oxygens (including phenoxy) is 1. The van der Waals surface area contributed by atoms with Gasteiger partial charge in [0.05, 0.1) is 24.8 Å². The third-order valence-electron chi connectivity index (χ3n) is 3.25. The summed E-state index contributed by atoms with van der Waals surface area (Å²) >= 11 is 0. The fourth-order valence-corrected chi connectivity index (χ4v) is 1.88. The molecule has 0 bridgehead atoms. The number of aromatic nitrogens is 1. The van der Waals surface area contributed by atoms with Crippen LogP contribution in [0.1, 0.15) is 17.3 Å². The van der Waals surface area contributed by atoms with Gasteiger partial charge < -0.3 is 15.2 Å². The molecule has 1 saturated heterocycles. The average molecular weight is 268 g/mol. The second kappa shape index (κ2) is 4.93. The van der Waals surface area contributed by atoms with Crippen LogP contribution in [0, 0.1) is 11.4 Å². The predicted octanol–water partition coefficient (Wildman–Crippen LogP) is 0.440. The van der Waals surface area contributed by atoms with E-state index < -0.39 is 29.3 Å². The lowest BCUT2D eigenvalue weighted by Crippen LogP contribution is -2.49. The van der Waals surface area contributed by atoms with Crippen LogP contribution in [-0.2, 0) is 9.53 Å². The van der Waals surface area contributed by atoms with Crippen LogP contribution in [0.25, 0.3) is 0 Å². The number of hydrogen-bond donors (Lipinski definition) is 2. The lowest BCUT2D eigenvalue weighted by molar-refractivity contribution is -0.148. The van der Waals surface area contributed by atoms with Crippen molar-refractivity contribution in [3.63, 3.8) is 0 Å². The maximum Gasteiger partial charge on any atom is 0.313 e. The molecule has 2 heterocycles. The molecule has 0 spiro atoms. The summed E-state index contributed by atoms with van der Waals surface area (Å²) in [5.74, 6) is -2.66. The van der Waals surface area contributed by atoms with Crippen LogP contribution < -0.4 is 5.32 Å². The summed E-state index contributed by atoms with van der Waals surface area (Å²) in [6, 6.07) is 2.00. The number of nitrogens with one attached hydrogen (secondary N) is 1. The molecule has 1 amide bonds. The molecule has 1 aromatic heterocycles. The molecular formula is C12H13FN2O4. The van der Waals surface area contributed by atoms with Crippen molar-refractivity contribution in [2.45, 2.75) is 13.0 Å². The number of hydrogen-bond acceptors (Lipinski definition) is 4. The van der Waals surface area contributed by atoms with E-state index in [9.17, 15) is 14.0 Å². The average Bonchev–Trinajstić information content (AvgIpc) is 2.73. The summed E-state index contributed by atoms with van der Waals surface area (Å²) in [6.45, 7) is 1.56. The Morgan fingerprint density at radius 1 is 1.63 bits per heavy atom. The van der Waals surface area contributed by atoms with Crippen molar-refractivity contribution in [1.29, 1.82) is 0 Å². The molecule has 0 aromatic carbocycles. The molecule has 1 aromatic rings. The van der Waals surface area contributed by atoms with Crippen LogP contribution in [0.5, 0.6) is 0 Å². The number of carboxylic acid groups (broad SMARTS) is 1. The van der Waals surface area contributed by atoms with E-state index >= 15 is 0 Å². The highest BCUT2D eigenvalue weighted by Gasteiger charge is 2.47. The molecule has 2 atom stereocenters. The lowest BCUT2D eigenvalue weighted by Gasteiger charge is -2.25. The highest BCUT2D eigenvalue weighted by Crippen LogP contribution is 2.28. The first-order valence-corrected chi connectivity index (χ1v) is 5.67. The van der Waals surface area contributed by atoms with Crippen LogP contribution in [0.4, 0.5) is 4.39 Å². The van der Waals surface area contributed by atoms with Gasteiger partial charge >= 0.3 is 5.97 Å². The number of halogens is 1. The van der Waals surface area contributed by atoms with Gasteiger partial charge in [0.25, 0.3) is 5.91 Å². The monoisotopic (exact) mass is 268 g/mol. The molecule has 2 rings (SSSR count). The van der Waals surface area contributed by atoms with Crippen molar-refractivity contribution >= 4 is 11.9 Å². The third-order valence-corrected chi connectivity index (χ3v) is 3.25. The Labute approximate surface area is 108 Å². The normalized spacial score (nSPS) is 26.1. The van der Waals surface area contributed by atoms with Gasteiger partial charge in [0.1, 0.15) is 5.41 Å². The molecule has 1 aliphatic heterocycles. The lowest BCUT2D eigenvalue weighted by atomic mass is 9.85. The van der Waals surface area contributed by atoms with Gasteiger partial charge in [0, 0.05) is 6.20 Å². The van der Waals surface area contributed by atoms with Crippen molar-refractivity contribution in [3.05, 3.63) is 29.8 Å². The first-order chi connectivity index (χ1) is 8.95. The van der Waals surface area contributed by atoms with Gasteiger partial charge in [0.2, 0.25) is 5.95 Å². The largest absolute Gasteiger partial charge is 0.481 e. The molecule has 1 aliphatic rings. The fraction of sp³-hybridized carbons (Fsp3) is 0.417. The molecule has 6 nitrogen and oxygen atoms in total. The summed E-state index contributed by atoms with van der Waals surface area (Å²) in [5.41, 5.74) is -1.43. The van der Waals surface area contributed by atoms with Gasteiger partial charge in [-0.05, 0) is 19.1 Å². The Morgan fingerprint density at radius 3 is 3.00 bits per heavy atom. The van der Waals surface area contributed by atoms with Crippen molar-refractivity contribution in [2.75, 3.05) is 13.2 Å². The van der Waals surface area contributed by atoms with Crippen LogP contribution in [-0.4, -0.2) is 41.2 Å². The third kappa shape index (κ3) is 2.41. The van der Waals surface area contributed by atoms with Crippen LogP contribution >= 0.6 is 0 Å². The minimum Gasteiger partial charge on any atom is -0.481 e. The zero-order chi connectivity index (χ0) is 14.0. The smallest absolute Gasteiger partial charge is 0.313 e. The molecule has 7 heteroatoms. The van der Waals surface area contributed by atoms with Gasteiger partial charge in [0.15, 0.2) is 0 Å². The number of carboxylic acids is 1. The molecule has 19 heavy (non-hydrogen) atoms. The number of aliphatic carboxylic acids is 1. The van der Waals surface area contributed by atoms with Gasteiger partial charge in [-0.25, -0.2) is 4.98 Å². The summed E-state index contributed by atoms with van der Waals surface area (Å²) in [4.78, 5) is 26.5. The minimum atomic E-state index is -1.21. The summed E-state index contributed by atoms with van der Waals surface area (Å²) in [6.07, 6.45) is 1.23. The number of carbonyl (C=O) groups is 2. The van der Waals surface area contributed by atoms with Crippen molar-refractivity contribution in [2.24, 2.45) is 5.41 Å². The van der Waals surface area contributed by atoms with Crippen LogP contribution in [0.2, 0.25) is 0 Å². The molecule has 0 radical (unpaired) electrons. The second-order valence-corrected chi connectivity index (χ2v) is 4.61. The Morgan fingerprint density at radius 2 is 2.37 bits per heavy atom. The SMILES string of the molecule is CC1(C(=O)O)COCC1NC(=O)c1cccnc1F.